The van der Waals surface area contributed by atoms with Gasteiger partial charge in [0.15, 0.2) is 5.69 Å². The van der Waals surface area contributed by atoms with Crippen LogP contribution in [0.5, 0.6) is 0 Å². The van der Waals surface area contributed by atoms with Gasteiger partial charge in [-0.25, -0.2) is 0 Å². The quantitative estimate of drug-likeness (QED) is 0.746. The molecule has 0 radical (unpaired) electrons. The Labute approximate surface area is 138 Å². The lowest BCUT2D eigenvalue weighted by molar-refractivity contribution is -0.142. The molecule has 0 aromatic carbocycles. The molecule has 1 heterocycles. The van der Waals surface area contributed by atoms with Crippen LogP contribution in [0.1, 0.15) is 43.4 Å². The molecule has 8 heteroatoms. The number of halogens is 3. The van der Waals surface area contributed by atoms with E-state index in [4.69, 9.17) is 5.11 Å². The van der Waals surface area contributed by atoms with E-state index in [1.54, 1.807) is 0 Å². The fourth-order valence-electron chi connectivity index (χ4n) is 2.78. The van der Waals surface area contributed by atoms with Gasteiger partial charge in [0.05, 0.1) is 0 Å². The maximum atomic E-state index is 12.9. The molecule has 0 bridgehead atoms. The maximum absolute atomic E-state index is 12.9. The highest BCUT2D eigenvalue weighted by molar-refractivity contribution is 5.75. The SMILES string of the molecule is O=C(Cn1cc(CCO)c(C(F)(F)F)n1)NCCC1=CCCCC1. The average Bonchev–Trinajstić information content (AvgIpc) is 2.91. The first-order chi connectivity index (χ1) is 11.4. The molecule has 0 fully saturated rings. The number of carbonyl (C=O) groups excluding carboxylic acids is 1. The summed E-state index contributed by atoms with van der Waals surface area (Å²) in [5, 5.41) is 15.0. The van der Waals surface area contributed by atoms with Gasteiger partial charge >= 0.3 is 6.18 Å². The first kappa shape index (κ1) is 18.5. The monoisotopic (exact) mass is 345 g/mol. The van der Waals surface area contributed by atoms with Crippen molar-refractivity contribution in [1.82, 2.24) is 15.1 Å². The van der Waals surface area contributed by atoms with Gasteiger partial charge in [-0.05, 0) is 38.5 Å². The Morgan fingerprint density at radius 2 is 2.12 bits per heavy atom. The van der Waals surface area contributed by atoms with Gasteiger partial charge in [0.2, 0.25) is 5.91 Å². The molecule has 2 N–H and O–H groups in total. The summed E-state index contributed by atoms with van der Waals surface area (Å²) in [6, 6.07) is 0. The third-order valence-corrected chi connectivity index (χ3v) is 3.95. The van der Waals surface area contributed by atoms with Crippen LogP contribution in [0.15, 0.2) is 17.8 Å². The molecule has 0 saturated carbocycles. The van der Waals surface area contributed by atoms with Crippen molar-refractivity contribution in [2.45, 2.75) is 51.2 Å². The number of alkyl halides is 3. The van der Waals surface area contributed by atoms with E-state index < -0.39 is 18.5 Å². The average molecular weight is 345 g/mol. The van der Waals surface area contributed by atoms with E-state index >= 15 is 0 Å². The molecule has 5 nitrogen and oxygen atoms in total. The van der Waals surface area contributed by atoms with Crippen molar-refractivity contribution in [3.8, 4) is 0 Å². The summed E-state index contributed by atoms with van der Waals surface area (Å²) in [6.45, 7) is -0.203. The molecule has 1 aliphatic carbocycles. The van der Waals surface area contributed by atoms with E-state index in [9.17, 15) is 18.0 Å². The van der Waals surface area contributed by atoms with E-state index in [0.29, 0.717) is 6.54 Å². The minimum atomic E-state index is -4.60. The number of hydrogen-bond donors (Lipinski definition) is 2. The van der Waals surface area contributed by atoms with E-state index in [0.717, 1.165) is 23.9 Å². The molecule has 0 unspecified atom stereocenters. The fourth-order valence-corrected chi connectivity index (χ4v) is 2.78. The summed E-state index contributed by atoms with van der Waals surface area (Å²) in [5.74, 6) is -0.377. The Balaban J connectivity index is 1.87. The predicted molar refractivity (Wildman–Crippen MR) is 82.2 cm³/mol. The Kier molecular flexibility index (Phi) is 6.42. The molecule has 24 heavy (non-hydrogen) atoms. The highest BCUT2D eigenvalue weighted by Crippen LogP contribution is 2.30. The number of allylic oxidation sites excluding steroid dienone is 1. The number of aliphatic hydroxyl groups is 1. The minimum absolute atomic E-state index is 0.106. The minimum Gasteiger partial charge on any atom is -0.396 e. The largest absolute Gasteiger partial charge is 0.435 e. The molecule has 134 valence electrons. The summed E-state index contributed by atoms with van der Waals surface area (Å²) < 4.78 is 39.6. The van der Waals surface area contributed by atoms with Crippen LogP contribution in [-0.4, -0.2) is 33.9 Å². The van der Waals surface area contributed by atoms with Crippen LogP contribution in [-0.2, 0) is 23.9 Å². The number of carbonyl (C=O) groups is 1. The van der Waals surface area contributed by atoms with Crippen LogP contribution in [0.25, 0.3) is 0 Å². The van der Waals surface area contributed by atoms with Crippen LogP contribution in [0.3, 0.4) is 0 Å². The number of rotatable bonds is 7. The van der Waals surface area contributed by atoms with Crippen molar-refractivity contribution in [3.05, 3.63) is 29.1 Å². The summed E-state index contributed by atoms with van der Waals surface area (Å²) >= 11 is 0. The van der Waals surface area contributed by atoms with E-state index in [1.807, 2.05) is 0 Å². The number of amides is 1. The van der Waals surface area contributed by atoms with Gasteiger partial charge in [0.1, 0.15) is 6.54 Å². The van der Waals surface area contributed by atoms with Crippen LogP contribution in [0.2, 0.25) is 0 Å². The van der Waals surface area contributed by atoms with Crippen molar-refractivity contribution in [3.63, 3.8) is 0 Å². The second-order valence-electron chi connectivity index (χ2n) is 5.88. The first-order valence-corrected chi connectivity index (χ1v) is 8.09. The van der Waals surface area contributed by atoms with Gasteiger partial charge in [0, 0.05) is 24.9 Å². The number of hydrogen-bond acceptors (Lipinski definition) is 3. The summed E-state index contributed by atoms with van der Waals surface area (Å²) in [5.41, 5.74) is 0.173. The van der Waals surface area contributed by atoms with E-state index in [2.05, 4.69) is 16.5 Å². The third-order valence-electron chi connectivity index (χ3n) is 3.95. The predicted octanol–water partition coefficient (Wildman–Crippen LogP) is 2.44. The molecule has 2 rings (SSSR count). The number of nitrogens with zero attached hydrogens (tertiary/aromatic N) is 2. The number of nitrogens with one attached hydrogen (secondary N) is 1. The van der Waals surface area contributed by atoms with E-state index in [-0.39, 0.29) is 24.4 Å². The standard InChI is InChI=1S/C16H22F3N3O2/c17-16(18,19)15-13(7-9-23)10-22(21-15)11-14(24)20-8-6-12-4-2-1-3-5-12/h4,10,23H,1-3,5-9,11H2,(H,20,24). The molecular formula is C16H22F3N3O2. The number of aliphatic hydroxyl groups excluding tert-OH is 1. The van der Waals surface area contributed by atoms with E-state index in [1.165, 1.54) is 24.6 Å². The van der Waals surface area contributed by atoms with Gasteiger partial charge in [0.25, 0.3) is 0 Å². The van der Waals surface area contributed by atoms with Crippen molar-refractivity contribution in [1.29, 1.82) is 0 Å². The van der Waals surface area contributed by atoms with Crippen LogP contribution in [0, 0.1) is 0 Å². The lowest BCUT2D eigenvalue weighted by atomic mass is 9.97. The fraction of sp³-hybridized carbons (Fsp3) is 0.625. The zero-order chi connectivity index (χ0) is 17.6. The van der Waals surface area contributed by atoms with Gasteiger partial charge in [-0.3, -0.25) is 9.48 Å². The molecular weight excluding hydrogens is 323 g/mol. The first-order valence-electron chi connectivity index (χ1n) is 8.09. The molecule has 1 aliphatic rings. The van der Waals surface area contributed by atoms with Crippen molar-refractivity contribution < 1.29 is 23.1 Å². The van der Waals surface area contributed by atoms with Gasteiger partial charge in [-0.1, -0.05) is 11.6 Å². The second-order valence-corrected chi connectivity index (χ2v) is 5.88. The Hall–Kier alpha value is -1.83. The Bertz CT molecular complexity index is 594. The van der Waals surface area contributed by atoms with Crippen LogP contribution < -0.4 is 5.32 Å². The molecule has 0 spiro atoms. The normalized spacial score (nSPS) is 15.2. The van der Waals surface area contributed by atoms with Crippen LogP contribution >= 0.6 is 0 Å². The Morgan fingerprint density at radius 1 is 1.33 bits per heavy atom. The van der Waals surface area contributed by atoms with Gasteiger partial charge in [-0.2, -0.15) is 18.3 Å². The highest BCUT2D eigenvalue weighted by atomic mass is 19.4. The zero-order valence-electron chi connectivity index (χ0n) is 13.4. The second kappa shape index (κ2) is 8.32. The lowest BCUT2D eigenvalue weighted by Crippen LogP contribution is -2.29. The smallest absolute Gasteiger partial charge is 0.396 e. The van der Waals surface area contributed by atoms with Crippen molar-refractivity contribution in [2.75, 3.05) is 13.2 Å². The van der Waals surface area contributed by atoms with Gasteiger partial charge < -0.3 is 10.4 Å². The van der Waals surface area contributed by atoms with Crippen molar-refractivity contribution >= 4 is 5.91 Å². The molecule has 0 aliphatic heterocycles. The molecule has 0 saturated heterocycles. The number of aromatic nitrogens is 2. The summed E-state index contributed by atoms with van der Waals surface area (Å²) in [6.07, 6.45) is 3.88. The zero-order valence-corrected chi connectivity index (χ0v) is 13.4. The lowest BCUT2D eigenvalue weighted by Gasteiger charge is -2.12. The molecule has 1 aromatic heterocycles. The molecule has 1 amide bonds. The Morgan fingerprint density at radius 3 is 2.75 bits per heavy atom. The summed E-state index contributed by atoms with van der Waals surface area (Å²) in [7, 11) is 0. The third kappa shape index (κ3) is 5.36. The van der Waals surface area contributed by atoms with Crippen LogP contribution in [0.4, 0.5) is 13.2 Å². The van der Waals surface area contributed by atoms with Gasteiger partial charge in [-0.15, -0.1) is 0 Å². The maximum Gasteiger partial charge on any atom is 0.435 e. The highest BCUT2D eigenvalue weighted by Gasteiger charge is 2.37. The summed E-state index contributed by atoms with van der Waals surface area (Å²) in [4.78, 5) is 11.9. The topological polar surface area (TPSA) is 67.2 Å². The van der Waals surface area contributed by atoms with Crippen molar-refractivity contribution in [2.24, 2.45) is 0 Å². The molecule has 1 aromatic rings. The molecule has 0 atom stereocenters.